The fourth-order valence-corrected chi connectivity index (χ4v) is 2.38. The highest BCUT2D eigenvalue weighted by atomic mass is 16.3. The molecule has 0 aromatic carbocycles. The van der Waals surface area contributed by atoms with Crippen LogP contribution in [0, 0.1) is 17.3 Å². The Morgan fingerprint density at radius 3 is 2.33 bits per heavy atom. The molecule has 1 rings (SSSR count). The molecule has 1 fully saturated rings. The van der Waals surface area contributed by atoms with Gasteiger partial charge in [-0.15, -0.1) is 0 Å². The average Bonchev–Trinajstić information content (AvgIpc) is 2.83. The molecule has 1 aliphatic carbocycles. The smallest absolute Gasteiger partial charge is 0.0502 e. The molecule has 0 radical (unpaired) electrons. The topological polar surface area (TPSA) is 46.2 Å². The molecule has 1 saturated carbocycles. The van der Waals surface area contributed by atoms with Crippen molar-refractivity contribution in [3.05, 3.63) is 0 Å². The van der Waals surface area contributed by atoms with Crippen LogP contribution in [0.2, 0.25) is 0 Å². The predicted octanol–water partition coefficient (Wildman–Crippen LogP) is 1.38. The van der Waals surface area contributed by atoms with E-state index in [0.717, 1.165) is 12.3 Å². The maximum absolute atomic E-state index is 9.19. The zero-order valence-corrected chi connectivity index (χ0v) is 8.21. The van der Waals surface area contributed by atoms with E-state index in [1.807, 2.05) is 0 Å². The van der Waals surface area contributed by atoms with Crippen LogP contribution in [0.4, 0.5) is 0 Å². The van der Waals surface area contributed by atoms with Gasteiger partial charge in [-0.3, -0.25) is 0 Å². The highest BCUT2D eigenvalue weighted by molar-refractivity contribution is 5.04. The van der Waals surface area contributed by atoms with Crippen LogP contribution in [0.15, 0.2) is 0 Å². The highest BCUT2D eigenvalue weighted by Crippen LogP contribution is 2.56. The van der Waals surface area contributed by atoms with Gasteiger partial charge in [0.15, 0.2) is 0 Å². The summed E-state index contributed by atoms with van der Waals surface area (Å²) in [7, 11) is 0. The van der Waals surface area contributed by atoms with E-state index >= 15 is 0 Å². The summed E-state index contributed by atoms with van der Waals surface area (Å²) in [5.41, 5.74) is 5.76. The van der Waals surface area contributed by atoms with Crippen molar-refractivity contribution < 1.29 is 5.11 Å². The Labute approximate surface area is 75.2 Å². The highest BCUT2D eigenvalue weighted by Gasteiger charge is 2.54. The third-order valence-electron chi connectivity index (χ3n) is 3.59. The van der Waals surface area contributed by atoms with Crippen molar-refractivity contribution in [2.45, 2.75) is 33.1 Å². The van der Waals surface area contributed by atoms with Gasteiger partial charge in [-0.1, -0.05) is 26.7 Å². The fourth-order valence-electron chi connectivity index (χ4n) is 2.38. The average molecular weight is 171 g/mol. The largest absolute Gasteiger partial charge is 0.396 e. The van der Waals surface area contributed by atoms with E-state index in [2.05, 4.69) is 13.8 Å². The van der Waals surface area contributed by atoms with Crippen LogP contribution >= 0.6 is 0 Å². The second-order valence-corrected chi connectivity index (χ2v) is 4.11. The molecule has 1 aliphatic rings. The van der Waals surface area contributed by atoms with Gasteiger partial charge >= 0.3 is 0 Å². The lowest BCUT2D eigenvalue weighted by Gasteiger charge is -2.17. The first-order chi connectivity index (χ1) is 5.74. The van der Waals surface area contributed by atoms with Crippen LogP contribution < -0.4 is 5.73 Å². The Hall–Kier alpha value is -0.0800. The molecule has 3 N–H and O–H groups in total. The lowest BCUT2D eigenvalue weighted by atomic mass is 9.91. The molecule has 2 heteroatoms. The lowest BCUT2D eigenvalue weighted by Crippen LogP contribution is -2.24. The summed E-state index contributed by atoms with van der Waals surface area (Å²) in [6.45, 7) is 5.39. The minimum absolute atomic E-state index is 0.108. The number of aliphatic hydroxyl groups is 1. The van der Waals surface area contributed by atoms with Crippen molar-refractivity contribution in [3.63, 3.8) is 0 Å². The van der Waals surface area contributed by atoms with Gasteiger partial charge in [0.1, 0.15) is 0 Å². The predicted molar refractivity (Wildman–Crippen MR) is 50.8 cm³/mol. The molecular formula is C10H21NO. The van der Waals surface area contributed by atoms with Gasteiger partial charge in [0, 0.05) is 12.0 Å². The standard InChI is InChI=1S/C10H21NO/c1-3-8(4-2)9-5-10(9,6-11)7-12/h8-9,12H,3-7,11H2,1-2H3. The number of aliphatic hydroxyl groups excluding tert-OH is 1. The number of hydrogen-bond acceptors (Lipinski definition) is 2. The fraction of sp³-hybridized carbons (Fsp3) is 1.00. The van der Waals surface area contributed by atoms with Crippen LogP contribution in [-0.2, 0) is 0 Å². The third-order valence-corrected chi connectivity index (χ3v) is 3.59. The van der Waals surface area contributed by atoms with Crippen molar-refractivity contribution in [1.82, 2.24) is 0 Å². The van der Waals surface area contributed by atoms with Crippen LogP contribution in [0.5, 0.6) is 0 Å². The Bertz CT molecular complexity index is 139. The molecule has 0 heterocycles. The third kappa shape index (κ3) is 1.50. The molecule has 2 atom stereocenters. The summed E-state index contributed by atoms with van der Waals surface area (Å²) in [4.78, 5) is 0. The molecule has 12 heavy (non-hydrogen) atoms. The normalized spacial score (nSPS) is 34.2. The summed E-state index contributed by atoms with van der Waals surface area (Å²) in [6.07, 6.45) is 3.60. The molecule has 0 saturated heterocycles. The van der Waals surface area contributed by atoms with E-state index in [0.29, 0.717) is 12.5 Å². The minimum atomic E-state index is 0.108. The number of nitrogens with two attached hydrogens (primary N) is 1. The second-order valence-electron chi connectivity index (χ2n) is 4.11. The molecule has 0 bridgehead atoms. The van der Waals surface area contributed by atoms with E-state index in [-0.39, 0.29) is 12.0 Å². The van der Waals surface area contributed by atoms with Crippen LogP contribution in [-0.4, -0.2) is 18.3 Å². The van der Waals surface area contributed by atoms with Crippen LogP contribution in [0.1, 0.15) is 33.1 Å². The van der Waals surface area contributed by atoms with Crippen molar-refractivity contribution in [3.8, 4) is 0 Å². The quantitative estimate of drug-likeness (QED) is 0.656. The summed E-state index contributed by atoms with van der Waals surface area (Å²) in [5.74, 6) is 1.48. The zero-order valence-electron chi connectivity index (χ0n) is 8.21. The van der Waals surface area contributed by atoms with E-state index in [9.17, 15) is 5.11 Å². The zero-order chi connectivity index (χ0) is 9.19. The Kier molecular flexibility index (Phi) is 3.13. The molecular weight excluding hydrogens is 150 g/mol. The van der Waals surface area contributed by atoms with Gasteiger partial charge in [-0.2, -0.15) is 0 Å². The molecule has 72 valence electrons. The number of rotatable bonds is 5. The monoisotopic (exact) mass is 171 g/mol. The SMILES string of the molecule is CCC(CC)C1CC1(CN)CO. The Morgan fingerprint density at radius 1 is 1.50 bits per heavy atom. The van der Waals surface area contributed by atoms with Gasteiger partial charge in [0.05, 0.1) is 6.61 Å². The summed E-state index contributed by atoms with van der Waals surface area (Å²) in [6, 6.07) is 0. The summed E-state index contributed by atoms with van der Waals surface area (Å²) < 4.78 is 0. The summed E-state index contributed by atoms with van der Waals surface area (Å²) >= 11 is 0. The minimum Gasteiger partial charge on any atom is -0.396 e. The van der Waals surface area contributed by atoms with Gasteiger partial charge in [0.2, 0.25) is 0 Å². The molecule has 2 unspecified atom stereocenters. The van der Waals surface area contributed by atoms with Crippen molar-refractivity contribution in [2.75, 3.05) is 13.2 Å². The van der Waals surface area contributed by atoms with Crippen molar-refractivity contribution in [1.29, 1.82) is 0 Å². The van der Waals surface area contributed by atoms with Crippen molar-refractivity contribution >= 4 is 0 Å². The summed E-state index contributed by atoms with van der Waals surface area (Å²) in [5, 5.41) is 9.19. The maximum atomic E-state index is 9.19. The number of hydrogen-bond donors (Lipinski definition) is 2. The molecule has 0 spiro atoms. The lowest BCUT2D eigenvalue weighted by molar-refractivity contribution is 0.187. The van der Waals surface area contributed by atoms with Crippen molar-refractivity contribution in [2.24, 2.45) is 23.0 Å². The molecule has 2 nitrogen and oxygen atoms in total. The second kappa shape index (κ2) is 3.75. The van der Waals surface area contributed by atoms with Gasteiger partial charge in [-0.05, 0) is 18.3 Å². The first-order valence-electron chi connectivity index (χ1n) is 5.05. The Balaban J connectivity index is 2.47. The van der Waals surface area contributed by atoms with E-state index in [4.69, 9.17) is 5.73 Å². The maximum Gasteiger partial charge on any atom is 0.0502 e. The molecule has 0 aromatic rings. The molecule has 0 aromatic heterocycles. The first-order valence-corrected chi connectivity index (χ1v) is 5.05. The van der Waals surface area contributed by atoms with E-state index in [1.54, 1.807) is 0 Å². The van der Waals surface area contributed by atoms with Crippen LogP contribution in [0.25, 0.3) is 0 Å². The van der Waals surface area contributed by atoms with Gasteiger partial charge in [0.25, 0.3) is 0 Å². The first kappa shape index (κ1) is 10.0. The van der Waals surface area contributed by atoms with Gasteiger partial charge in [-0.25, -0.2) is 0 Å². The van der Waals surface area contributed by atoms with E-state index in [1.165, 1.54) is 12.8 Å². The molecule has 0 aliphatic heterocycles. The Morgan fingerprint density at radius 2 is 2.08 bits per heavy atom. The van der Waals surface area contributed by atoms with E-state index < -0.39 is 0 Å². The van der Waals surface area contributed by atoms with Crippen LogP contribution in [0.3, 0.4) is 0 Å². The molecule has 0 amide bonds. The van der Waals surface area contributed by atoms with Gasteiger partial charge < -0.3 is 10.8 Å².